The molecular formula is C15H23NO5. The van der Waals surface area contributed by atoms with Gasteiger partial charge in [0.25, 0.3) is 0 Å². The second kappa shape index (κ2) is 8.49. The van der Waals surface area contributed by atoms with Crippen LogP contribution in [-0.4, -0.2) is 63.5 Å². The van der Waals surface area contributed by atoms with Crippen molar-refractivity contribution in [1.29, 1.82) is 0 Å². The molecule has 6 heteroatoms. The Morgan fingerprint density at radius 2 is 1.90 bits per heavy atom. The number of likely N-dealkylation sites (N-methyl/N-ethyl adjacent to an activating group) is 1. The number of amides is 1. The second-order valence-electron chi connectivity index (χ2n) is 4.75. The molecule has 0 aliphatic carbocycles. The number of ether oxygens (including phenoxy) is 3. The Balaban J connectivity index is 2.65. The van der Waals surface area contributed by atoms with Gasteiger partial charge in [-0.2, -0.15) is 0 Å². The van der Waals surface area contributed by atoms with E-state index < -0.39 is 6.10 Å². The molecule has 0 bridgehead atoms. The van der Waals surface area contributed by atoms with Gasteiger partial charge in [0.2, 0.25) is 5.91 Å². The maximum Gasteiger partial charge on any atom is 0.226 e. The molecule has 1 atom stereocenters. The van der Waals surface area contributed by atoms with Crippen molar-refractivity contribution in [2.24, 2.45) is 0 Å². The van der Waals surface area contributed by atoms with E-state index in [1.807, 2.05) is 6.07 Å². The van der Waals surface area contributed by atoms with Gasteiger partial charge in [0, 0.05) is 20.7 Å². The molecule has 0 heterocycles. The topological polar surface area (TPSA) is 68.2 Å². The lowest BCUT2D eigenvalue weighted by Crippen LogP contribution is -2.37. The molecule has 1 rings (SSSR count). The van der Waals surface area contributed by atoms with E-state index in [0.717, 1.165) is 5.56 Å². The van der Waals surface area contributed by atoms with E-state index in [-0.39, 0.29) is 25.5 Å². The Morgan fingerprint density at radius 1 is 1.24 bits per heavy atom. The number of aliphatic hydroxyl groups is 1. The number of carbonyl (C=O) groups excluding carboxylic acids is 1. The van der Waals surface area contributed by atoms with Gasteiger partial charge in [0.05, 0.1) is 33.4 Å². The molecule has 0 saturated heterocycles. The molecule has 0 radical (unpaired) electrons. The summed E-state index contributed by atoms with van der Waals surface area (Å²) in [6.07, 6.45) is -0.453. The minimum Gasteiger partial charge on any atom is -0.493 e. The molecule has 118 valence electrons. The van der Waals surface area contributed by atoms with E-state index in [0.29, 0.717) is 11.5 Å². The lowest BCUT2D eigenvalue weighted by Gasteiger charge is -2.20. The van der Waals surface area contributed by atoms with Gasteiger partial charge >= 0.3 is 0 Å². The van der Waals surface area contributed by atoms with E-state index in [1.54, 1.807) is 33.4 Å². The third kappa shape index (κ3) is 5.24. The molecule has 1 aromatic carbocycles. The summed E-state index contributed by atoms with van der Waals surface area (Å²) in [6, 6.07) is 5.36. The summed E-state index contributed by atoms with van der Waals surface area (Å²) in [7, 11) is 6.28. The highest BCUT2D eigenvalue weighted by Crippen LogP contribution is 2.27. The number of hydrogen-bond acceptors (Lipinski definition) is 5. The van der Waals surface area contributed by atoms with Gasteiger partial charge in [-0.25, -0.2) is 0 Å². The van der Waals surface area contributed by atoms with Crippen LogP contribution in [0.5, 0.6) is 11.5 Å². The van der Waals surface area contributed by atoms with Crippen molar-refractivity contribution in [3.63, 3.8) is 0 Å². The predicted octanol–water partition coefficient (Wildman–Crippen LogP) is 0.712. The molecule has 0 aliphatic rings. The summed E-state index contributed by atoms with van der Waals surface area (Å²) in [4.78, 5) is 13.6. The number of rotatable bonds is 8. The number of nitrogens with zero attached hydrogens (tertiary/aromatic N) is 1. The minimum atomic E-state index is -0.686. The van der Waals surface area contributed by atoms with Gasteiger partial charge in [0.15, 0.2) is 11.5 Å². The Bertz CT molecular complexity index is 463. The molecule has 0 aromatic heterocycles. The molecule has 0 spiro atoms. The van der Waals surface area contributed by atoms with E-state index in [9.17, 15) is 9.90 Å². The van der Waals surface area contributed by atoms with Gasteiger partial charge in [-0.3, -0.25) is 4.79 Å². The quantitative estimate of drug-likeness (QED) is 0.765. The van der Waals surface area contributed by atoms with Crippen molar-refractivity contribution in [3.8, 4) is 11.5 Å². The largest absolute Gasteiger partial charge is 0.493 e. The normalized spacial score (nSPS) is 11.9. The van der Waals surface area contributed by atoms with E-state index in [2.05, 4.69) is 0 Å². The van der Waals surface area contributed by atoms with Crippen molar-refractivity contribution in [3.05, 3.63) is 23.8 Å². The number of benzene rings is 1. The van der Waals surface area contributed by atoms with Crippen LogP contribution in [0.25, 0.3) is 0 Å². The van der Waals surface area contributed by atoms with Crippen LogP contribution in [0.15, 0.2) is 18.2 Å². The molecule has 0 aliphatic heterocycles. The maximum atomic E-state index is 12.1. The summed E-state index contributed by atoms with van der Waals surface area (Å²) in [5.41, 5.74) is 0.825. The smallest absolute Gasteiger partial charge is 0.226 e. The zero-order valence-corrected chi connectivity index (χ0v) is 13.0. The number of carbonyl (C=O) groups is 1. The minimum absolute atomic E-state index is 0.0858. The van der Waals surface area contributed by atoms with Gasteiger partial charge in [-0.15, -0.1) is 0 Å². The molecular weight excluding hydrogens is 274 g/mol. The lowest BCUT2D eigenvalue weighted by molar-refractivity contribution is -0.130. The predicted molar refractivity (Wildman–Crippen MR) is 78.8 cm³/mol. The summed E-state index contributed by atoms with van der Waals surface area (Å²) in [5, 5.41) is 9.63. The first-order valence-corrected chi connectivity index (χ1v) is 6.63. The number of aliphatic hydroxyl groups excluding tert-OH is 1. The molecule has 0 saturated carbocycles. The molecule has 1 N–H and O–H groups in total. The fraction of sp³-hybridized carbons (Fsp3) is 0.533. The van der Waals surface area contributed by atoms with Crippen molar-refractivity contribution in [2.45, 2.75) is 12.5 Å². The van der Waals surface area contributed by atoms with Crippen LogP contribution in [0.4, 0.5) is 0 Å². The first-order chi connectivity index (χ1) is 10.0. The Hall–Kier alpha value is -1.79. The zero-order valence-electron chi connectivity index (χ0n) is 13.0. The van der Waals surface area contributed by atoms with Gasteiger partial charge in [-0.1, -0.05) is 6.07 Å². The molecule has 0 fully saturated rings. The van der Waals surface area contributed by atoms with Crippen LogP contribution in [-0.2, 0) is 16.0 Å². The van der Waals surface area contributed by atoms with Crippen LogP contribution < -0.4 is 9.47 Å². The monoisotopic (exact) mass is 297 g/mol. The Morgan fingerprint density at radius 3 is 2.48 bits per heavy atom. The third-order valence-corrected chi connectivity index (χ3v) is 3.07. The highest BCUT2D eigenvalue weighted by Gasteiger charge is 2.15. The Labute approximate surface area is 125 Å². The van der Waals surface area contributed by atoms with Crippen molar-refractivity contribution >= 4 is 5.91 Å². The van der Waals surface area contributed by atoms with Crippen LogP contribution in [0.3, 0.4) is 0 Å². The molecule has 1 unspecified atom stereocenters. The first-order valence-electron chi connectivity index (χ1n) is 6.63. The summed E-state index contributed by atoms with van der Waals surface area (Å²) < 4.78 is 15.2. The molecule has 1 aromatic rings. The fourth-order valence-electron chi connectivity index (χ4n) is 1.96. The van der Waals surface area contributed by atoms with Gasteiger partial charge in [-0.05, 0) is 17.7 Å². The highest BCUT2D eigenvalue weighted by atomic mass is 16.5. The van der Waals surface area contributed by atoms with Gasteiger partial charge in [0.1, 0.15) is 0 Å². The zero-order chi connectivity index (χ0) is 15.8. The second-order valence-corrected chi connectivity index (χ2v) is 4.75. The SMILES string of the molecule is COCC(O)CN(C)C(=O)Cc1ccc(OC)c(OC)c1. The van der Waals surface area contributed by atoms with Crippen molar-refractivity contribution < 1.29 is 24.1 Å². The molecule has 1 amide bonds. The van der Waals surface area contributed by atoms with Crippen LogP contribution in [0.1, 0.15) is 5.56 Å². The van der Waals surface area contributed by atoms with Crippen molar-refractivity contribution in [1.82, 2.24) is 4.90 Å². The first kappa shape index (κ1) is 17.3. The molecule has 21 heavy (non-hydrogen) atoms. The number of hydrogen-bond donors (Lipinski definition) is 1. The summed E-state index contributed by atoms with van der Waals surface area (Å²) in [6.45, 7) is 0.438. The maximum absolute atomic E-state index is 12.1. The molecule has 6 nitrogen and oxygen atoms in total. The average molecular weight is 297 g/mol. The Kier molecular flexibility index (Phi) is 6.98. The van der Waals surface area contributed by atoms with Gasteiger partial charge < -0.3 is 24.2 Å². The highest BCUT2D eigenvalue weighted by molar-refractivity contribution is 5.78. The van der Waals surface area contributed by atoms with E-state index in [4.69, 9.17) is 14.2 Å². The van der Waals surface area contributed by atoms with Crippen LogP contribution in [0.2, 0.25) is 0 Å². The summed E-state index contributed by atoms with van der Waals surface area (Å²) >= 11 is 0. The fourth-order valence-corrected chi connectivity index (χ4v) is 1.96. The van der Waals surface area contributed by atoms with E-state index >= 15 is 0 Å². The third-order valence-electron chi connectivity index (χ3n) is 3.07. The lowest BCUT2D eigenvalue weighted by atomic mass is 10.1. The van der Waals surface area contributed by atoms with E-state index in [1.165, 1.54) is 12.0 Å². The van der Waals surface area contributed by atoms with Crippen molar-refractivity contribution in [2.75, 3.05) is 41.5 Å². The number of methoxy groups -OCH3 is 3. The van der Waals surface area contributed by atoms with Crippen LogP contribution in [0, 0.1) is 0 Å². The average Bonchev–Trinajstić information content (AvgIpc) is 2.47. The standard InChI is InChI=1S/C15H23NO5/c1-16(9-12(17)10-19-2)15(18)8-11-5-6-13(20-3)14(7-11)21-4/h5-7,12,17H,8-10H2,1-4H3. The van der Waals surface area contributed by atoms with Crippen LogP contribution >= 0.6 is 0 Å². The summed E-state index contributed by atoms with van der Waals surface area (Å²) in [5.74, 6) is 1.12.